The molecule has 0 amide bonds. The average molecular weight is 610 g/mol. The number of halogens is 1. The zero-order chi connectivity index (χ0) is 25.7. The summed E-state index contributed by atoms with van der Waals surface area (Å²) in [6, 6.07) is 33.5. The van der Waals surface area contributed by atoms with Crippen molar-refractivity contribution < 1.29 is 14.3 Å². The summed E-state index contributed by atoms with van der Waals surface area (Å²) in [5.74, 6) is 0.335. The maximum Gasteiger partial charge on any atom is 0.345 e. The van der Waals surface area contributed by atoms with Crippen molar-refractivity contribution in [2.75, 3.05) is 6.61 Å². The van der Waals surface area contributed by atoms with Crippen molar-refractivity contribution >= 4 is 39.5 Å². The number of benzene rings is 4. The highest BCUT2D eigenvalue weighted by Gasteiger charge is 2.30. The van der Waals surface area contributed by atoms with Gasteiger partial charge in [0.15, 0.2) is 21.3 Å². The second-order valence-electron chi connectivity index (χ2n) is 9.10. The van der Waals surface area contributed by atoms with Gasteiger partial charge in [-0.1, -0.05) is 48.5 Å². The molecule has 3 nitrogen and oxygen atoms in total. The fourth-order valence-electron chi connectivity index (χ4n) is 4.13. The van der Waals surface area contributed by atoms with Gasteiger partial charge in [-0.05, 0) is 103 Å². The van der Waals surface area contributed by atoms with Crippen LogP contribution in [-0.4, -0.2) is 12.6 Å². The van der Waals surface area contributed by atoms with Crippen LogP contribution >= 0.6 is 22.6 Å². The van der Waals surface area contributed by atoms with Crippen LogP contribution in [0.1, 0.15) is 30.5 Å². The molecule has 4 aromatic carbocycles. The zero-order valence-corrected chi connectivity index (χ0v) is 23.9. The van der Waals surface area contributed by atoms with E-state index >= 15 is 0 Å². The third-order valence-electron chi connectivity index (χ3n) is 5.87. The third-order valence-corrected chi connectivity index (χ3v) is 8.78. The fourth-order valence-corrected chi connectivity index (χ4v) is 6.76. The molecule has 0 aliphatic heterocycles. The summed E-state index contributed by atoms with van der Waals surface area (Å²) < 4.78 is 12.9. The normalized spacial score (nSPS) is 11.4. The zero-order valence-electron chi connectivity index (χ0n) is 21.0. The topological polar surface area (TPSA) is 35.5 Å². The van der Waals surface area contributed by atoms with Crippen LogP contribution in [0.2, 0.25) is 0 Å². The third kappa shape index (κ3) is 6.31. The molecule has 0 bridgehead atoms. The molecular weight excluding hydrogens is 579 g/mol. The standard InChI is InChI=1S/C31H30IO3S/c1-22-19-28(36(26-11-7-5-8-12-26)27-13-9-6-10-14-27)20-23(2)30(22)34-21-29(33)35-31(3,4)24-15-17-25(32)18-16-24/h5-20H,21H2,1-4H3/q+1. The van der Waals surface area contributed by atoms with Crippen LogP contribution in [-0.2, 0) is 26.0 Å². The van der Waals surface area contributed by atoms with E-state index in [1.807, 2.05) is 64.1 Å². The van der Waals surface area contributed by atoms with Gasteiger partial charge >= 0.3 is 5.97 Å². The lowest BCUT2D eigenvalue weighted by Crippen LogP contribution is -2.28. The molecule has 0 N–H and O–H groups in total. The van der Waals surface area contributed by atoms with Crippen LogP contribution in [0.15, 0.2) is 112 Å². The lowest BCUT2D eigenvalue weighted by atomic mass is 9.98. The van der Waals surface area contributed by atoms with Crippen molar-refractivity contribution in [3.05, 3.63) is 117 Å². The van der Waals surface area contributed by atoms with E-state index in [-0.39, 0.29) is 17.5 Å². The summed E-state index contributed by atoms with van der Waals surface area (Å²) in [7, 11) is -0.240. The van der Waals surface area contributed by atoms with Crippen molar-refractivity contribution in [2.45, 2.75) is 48.0 Å². The quantitative estimate of drug-likeness (QED) is 0.116. The fraction of sp³-hybridized carbons (Fsp3) is 0.194. The van der Waals surface area contributed by atoms with Crippen LogP contribution in [0.5, 0.6) is 5.75 Å². The summed E-state index contributed by atoms with van der Waals surface area (Å²) in [5, 5.41) is 0. The molecule has 0 aromatic heterocycles. The highest BCUT2D eigenvalue weighted by molar-refractivity contribution is 14.1. The van der Waals surface area contributed by atoms with E-state index in [4.69, 9.17) is 9.47 Å². The molecule has 0 heterocycles. The maximum absolute atomic E-state index is 12.7. The van der Waals surface area contributed by atoms with E-state index in [1.165, 1.54) is 14.7 Å². The molecule has 0 unspecified atom stereocenters. The number of aryl methyl sites for hydroxylation is 2. The molecule has 184 valence electrons. The first-order chi connectivity index (χ1) is 17.2. The van der Waals surface area contributed by atoms with Gasteiger partial charge in [-0.2, -0.15) is 0 Å². The summed E-state index contributed by atoms with van der Waals surface area (Å²) >= 11 is 2.26. The molecule has 0 radical (unpaired) electrons. The van der Waals surface area contributed by atoms with Crippen LogP contribution in [0, 0.1) is 17.4 Å². The Morgan fingerprint density at radius 2 is 1.28 bits per heavy atom. The van der Waals surface area contributed by atoms with E-state index in [9.17, 15) is 4.79 Å². The Labute approximate surface area is 230 Å². The summed E-state index contributed by atoms with van der Waals surface area (Å²) in [6.45, 7) is 7.71. The van der Waals surface area contributed by atoms with Crippen molar-refractivity contribution in [1.82, 2.24) is 0 Å². The summed E-state index contributed by atoms with van der Waals surface area (Å²) in [5.41, 5.74) is 2.21. The maximum atomic E-state index is 12.7. The summed E-state index contributed by atoms with van der Waals surface area (Å²) in [4.78, 5) is 16.4. The minimum Gasteiger partial charge on any atom is -0.481 e. The highest BCUT2D eigenvalue weighted by atomic mass is 127. The van der Waals surface area contributed by atoms with Crippen molar-refractivity contribution in [1.29, 1.82) is 0 Å². The largest absolute Gasteiger partial charge is 0.481 e. The van der Waals surface area contributed by atoms with Crippen molar-refractivity contribution in [3.63, 3.8) is 0 Å². The van der Waals surface area contributed by atoms with Gasteiger partial charge in [0.05, 0.1) is 10.9 Å². The number of hydrogen-bond donors (Lipinski definition) is 0. The van der Waals surface area contributed by atoms with Gasteiger partial charge in [0, 0.05) is 15.7 Å². The van der Waals surface area contributed by atoms with Crippen LogP contribution in [0.3, 0.4) is 0 Å². The number of carbonyl (C=O) groups is 1. The van der Waals surface area contributed by atoms with Gasteiger partial charge in [-0.25, -0.2) is 4.79 Å². The first-order valence-corrected chi connectivity index (χ1v) is 14.1. The van der Waals surface area contributed by atoms with Crippen LogP contribution in [0.4, 0.5) is 0 Å². The first-order valence-electron chi connectivity index (χ1n) is 11.8. The number of carbonyl (C=O) groups excluding carboxylic acids is 1. The molecular formula is C31H30IO3S+. The number of hydrogen-bond acceptors (Lipinski definition) is 3. The molecule has 0 saturated carbocycles. The van der Waals surface area contributed by atoms with E-state index in [2.05, 4.69) is 83.3 Å². The van der Waals surface area contributed by atoms with Gasteiger partial charge in [0.2, 0.25) is 0 Å². The van der Waals surface area contributed by atoms with E-state index < -0.39 is 11.6 Å². The van der Waals surface area contributed by atoms with E-state index in [0.29, 0.717) is 0 Å². The van der Waals surface area contributed by atoms with Crippen molar-refractivity contribution in [2.24, 2.45) is 0 Å². The minimum absolute atomic E-state index is 0.141. The molecule has 0 atom stereocenters. The molecule has 4 rings (SSSR count). The molecule has 0 fully saturated rings. The SMILES string of the molecule is Cc1cc([S+](c2ccccc2)c2ccccc2)cc(C)c1OCC(=O)OC(C)(C)c1ccc(I)cc1. The molecule has 0 aliphatic rings. The van der Waals surface area contributed by atoms with E-state index in [0.717, 1.165) is 26.0 Å². The molecule has 0 spiro atoms. The molecule has 36 heavy (non-hydrogen) atoms. The number of rotatable bonds is 8. The second kappa shape index (κ2) is 11.5. The van der Waals surface area contributed by atoms with Crippen LogP contribution < -0.4 is 4.74 Å². The van der Waals surface area contributed by atoms with Crippen molar-refractivity contribution in [3.8, 4) is 5.75 Å². The van der Waals surface area contributed by atoms with Gasteiger partial charge in [0.1, 0.15) is 11.4 Å². The molecule has 4 aromatic rings. The van der Waals surface area contributed by atoms with Gasteiger partial charge in [-0.15, -0.1) is 0 Å². The van der Waals surface area contributed by atoms with Gasteiger partial charge in [0.25, 0.3) is 0 Å². The number of esters is 1. The van der Waals surface area contributed by atoms with Gasteiger partial charge < -0.3 is 9.47 Å². The molecule has 0 saturated heterocycles. The first kappa shape index (κ1) is 26.3. The molecule has 5 heteroatoms. The average Bonchev–Trinajstić information content (AvgIpc) is 2.85. The lowest BCUT2D eigenvalue weighted by Gasteiger charge is -2.26. The minimum atomic E-state index is -0.738. The Bertz CT molecular complexity index is 1260. The second-order valence-corrected chi connectivity index (χ2v) is 12.4. The summed E-state index contributed by atoms with van der Waals surface area (Å²) in [6.07, 6.45) is 0. The Morgan fingerprint density at radius 3 is 1.78 bits per heavy atom. The Morgan fingerprint density at radius 1 is 0.778 bits per heavy atom. The Balaban J connectivity index is 1.53. The van der Waals surface area contributed by atoms with E-state index in [1.54, 1.807) is 0 Å². The monoisotopic (exact) mass is 609 g/mol. The predicted molar refractivity (Wildman–Crippen MR) is 155 cm³/mol. The Hall–Kier alpha value is -2.77. The molecule has 0 aliphatic carbocycles. The lowest BCUT2D eigenvalue weighted by molar-refractivity contribution is -0.159. The van der Waals surface area contributed by atoms with Gasteiger partial charge in [-0.3, -0.25) is 0 Å². The Kier molecular flexibility index (Phi) is 8.42. The van der Waals surface area contributed by atoms with Crippen LogP contribution in [0.25, 0.3) is 0 Å². The highest BCUT2D eigenvalue weighted by Crippen LogP contribution is 2.35. The number of ether oxygens (including phenoxy) is 2. The predicted octanol–water partition coefficient (Wildman–Crippen LogP) is 7.86. The smallest absolute Gasteiger partial charge is 0.345 e.